The van der Waals surface area contributed by atoms with Crippen LogP contribution >= 0.6 is 22.6 Å². The summed E-state index contributed by atoms with van der Waals surface area (Å²) in [7, 11) is 0. The Balaban J connectivity index is 2.85. The summed E-state index contributed by atoms with van der Waals surface area (Å²) in [5, 5.41) is 13.8. The van der Waals surface area contributed by atoms with Gasteiger partial charge in [0, 0.05) is 6.20 Å². The lowest BCUT2D eigenvalue weighted by Crippen LogP contribution is -2.31. The normalized spacial score (nSPS) is 14.8. The number of aromatic nitrogens is 2. The first-order valence-electron chi connectivity index (χ1n) is 3.83. The molecule has 1 heterocycles. The Morgan fingerprint density at radius 1 is 1.67 bits per heavy atom. The van der Waals surface area contributed by atoms with E-state index in [1.54, 1.807) is 24.7 Å². The first kappa shape index (κ1) is 9.98. The zero-order chi connectivity index (χ0) is 9.35. The minimum atomic E-state index is -0.727. The smallest absolute Gasteiger partial charge is 0.0812 e. The van der Waals surface area contributed by atoms with E-state index in [9.17, 15) is 5.11 Å². The highest BCUT2D eigenvalue weighted by atomic mass is 127. The number of hydrogen-bond donors (Lipinski definition) is 1. The van der Waals surface area contributed by atoms with Crippen LogP contribution in [0.4, 0.5) is 0 Å². The average molecular weight is 280 g/mol. The second-order valence-electron chi connectivity index (χ2n) is 3.47. The van der Waals surface area contributed by atoms with Crippen molar-refractivity contribution < 1.29 is 5.11 Å². The fourth-order valence-corrected chi connectivity index (χ4v) is 1.26. The lowest BCUT2D eigenvalue weighted by atomic mass is 10.0. The van der Waals surface area contributed by atoms with E-state index in [2.05, 4.69) is 27.7 Å². The van der Waals surface area contributed by atoms with Gasteiger partial charge < -0.3 is 5.11 Å². The van der Waals surface area contributed by atoms with Crippen LogP contribution in [0.15, 0.2) is 12.4 Å². The van der Waals surface area contributed by atoms with Crippen molar-refractivity contribution in [3.05, 3.63) is 16.0 Å². The molecule has 1 N–H and O–H groups in total. The molecule has 0 radical (unpaired) electrons. The maximum absolute atomic E-state index is 9.69. The van der Waals surface area contributed by atoms with Crippen molar-refractivity contribution in [1.82, 2.24) is 9.78 Å². The lowest BCUT2D eigenvalue weighted by Gasteiger charge is -2.25. The minimum absolute atomic E-state index is 0.000941. The SMILES string of the molecule is CC(n1cc(I)cn1)C(C)(C)O. The van der Waals surface area contributed by atoms with E-state index in [1.807, 2.05) is 13.1 Å². The van der Waals surface area contributed by atoms with Gasteiger partial charge in [-0.3, -0.25) is 4.68 Å². The fourth-order valence-electron chi connectivity index (χ4n) is 0.850. The molecule has 1 atom stereocenters. The maximum Gasteiger partial charge on any atom is 0.0812 e. The Kier molecular flexibility index (Phi) is 2.77. The summed E-state index contributed by atoms with van der Waals surface area (Å²) in [6.07, 6.45) is 3.70. The second-order valence-corrected chi connectivity index (χ2v) is 4.71. The molecule has 1 unspecified atom stereocenters. The predicted molar refractivity (Wildman–Crippen MR) is 56.0 cm³/mol. The highest BCUT2D eigenvalue weighted by molar-refractivity contribution is 14.1. The van der Waals surface area contributed by atoms with Gasteiger partial charge in [0.1, 0.15) is 0 Å². The summed E-state index contributed by atoms with van der Waals surface area (Å²) < 4.78 is 2.87. The van der Waals surface area contributed by atoms with E-state index in [0.29, 0.717) is 0 Å². The van der Waals surface area contributed by atoms with Crippen molar-refractivity contribution >= 4 is 22.6 Å². The van der Waals surface area contributed by atoms with Crippen LogP contribution in [0.5, 0.6) is 0 Å². The molecule has 0 aliphatic carbocycles. The molecule has 0 spiro atoms. The first-order chi connectivity index (χ1) is 5.41. The number of nitrogens with zero attached hydrogens (tertiary/aromatic N) is 2. The third-order valence-electron chi connectivity index (χ3n) is 1.99. The molecule has 0 saturated carbocycles. The Labute approximate surface area is 85.9 Å². The third-order valence-corrected chi connectivity index (χ3v) is 2.55. The minimum Gasteiger partial charge on any atom is -0.388 e. The Hall–Kier alpha value is -0.100. The van der Waals surface area contributed by atoms with Crippen LogP contribution in [0, 0.1) is 3.57 Å². The van der Waals surface area contributed by atoms with E-state index in [-0.39, 0.29) is 6.04 Å². The fraction of sp³-hybridized carbons (Fsp3) is 0.625. The van der Waals surface area contributed by atoms with Gasteiger partial charge in [-0.05, 0) is 43.4 Å². The van der Waals surface area contributed by atoms with Crippen molar-refractivity contribution in [2.75, 3.05) is 0 Å². The van der Waals surface area contributed by atoms with Crippen molar-refractivity contribution in [3.63, 3.8) is 0 Å². The molecule has 0 amide bonds. The Bertz CT molecular complexity index is 264. The van der Waals surface area contributed by atoms with Crippen LogP contribution in [0.3, 0.4) is 0 Å². The van der Waals surface area contributed by atoms with Crippen LogP contribution in [-0.2, 0) is 0 Å². The Morgan fingerprint density at radius 2 is 2.25 bits per heavy atom. The van der Waals surface area contributed by atoms with Gasteiger partial charge >= 0.3 is 0 Å². The second kappa shape index (κ2) is 3.33. The zero-order valence-corrected chi connectivity index (χ0v) is 9.61. The largest absolute Gasteiger partial charge is 0.388 e. The van der Waals surface area contributed by atoms with Gasteiger partial charge in [-0.15, -0.1) is 0 Å². The zero-order valence-electron chi connectivity index (χ0n) is 7.45. The molecule has 0 saturated heterocycles. The summed E-state index contributed by atoms with van der Waals surface area (Å²) >= 11 is 2.20. The molecule has 0 aliphatic rings. The topological polar surface area (TPSA) is 38.0 Å². The molecule has 1 aromatic heterocycles. The number of aliphatic hydroxyl groups is 1. The van der Waals surface area contributed by atoms with Gasteiger partial charge in [0.2, 0.25) is 0 Å². The average Bonchev–Trinajstić information content (AvgIpc) is 2.32. The van der Waals surface area contributed by atoms with E-state index in [1.165, 1.54) is 0 Å². The number of halogens is 1. The van der Waals surface area contributed by atoms with Gasteiger partial charge in [0.25, 0.3) is 0 Å². The molecule has 0 bridgehead atoms. The Morgan fingerprint density at radius 3 is 2.58 bits per heavy atom. The summed E-state index contributed by atoms with van der Waals surface area (Å²) in [5.41, 5.74) is -0.727. The molecule has 68 valence electrons. The molecule has 4 heteroatoms. The van der Waals surface area contributed by atoms with Crippen LogP contribution in [0.1, 0.15) is 26.8 Å². The molecule has 0 aliphatic heterocycles. The standard InChI is InChI=1S/C8H13IN2O/c1-6(8(2,3)12)11-5-7(9)4-10-11/h4-6,12H,1-3H3. The molecule has 0 aromatic carbocycles. The predicted octanol–water partition coefficient (Wildman–Crippen LogP) is 1.82. The lowest BCUT2D eigenvalue weighted by molar-refractivity contribution is 0.0258. The van der Waals surface area contributed by atoms with Gasteiger partial charge in [-0.25, -0.2) is 0 Å². The maximum atomic E-state index is 9.69. The van der Waals surface area contributed by atoms with E-state index < -0.39 is 5.60 Å². The van der Waals surface area contributed by atoms with Gasteiger partial charge in [0.05, 0.1) is 21.4 Å². The van der Waals surface area contributed by atoms with Gasteiger partial charge in [0.15, 0.2) is 0 Å². The quantitative estimate of drug-likeness (QED) is 0.839. The highest BCUT2D eigenvalue weighted by Gasteiger charge is 2.24. The van der Waals surface area contributed by atoms with Crippen molar-refractivity contribution in [1.29, 1.82) is 0 Å². The first-order valence-corrected chi connectivity index (χ1v) is 4.91. The highest BCUT2D eigenvalue weighted by Crippen LogP contribution is 2.20. The molecule has 3 nitrogen and oxygen atoms in total. The van der Waals surface area contributed by atoms with E-state index in [4.69, 9.17) is 0 Å². The van der Waals surface area contributed by atoms with Gasteiger partial charge in [-0.2, -0.15) is 5.10 Å². The third kappa shape index (κ3) is 2.20. The molecule has 1 rings (SSSR count). The summed E-state index contributed by atoms with van der Waals surface area (Å²) in [5.74, 6) is 0. The molecule has 12 heavy (non-hydrogen) atoms. The molecule has 0 fully saturated rings. The van der Waals surface area contributed by atoms with E-state index in [0.717, 1.165) is 3.57 Å². The van der Waals surface area contributed by atoms with Gasteiger partial charge in [-0.1, -0.05) is 0 Å². The summed E-state index contributed by atoms with van der Waals surface area (Å²) in [6.45, 7) is 5.52. The number of hydrogen-bond acceptors (Lipinski definition) is 2. The van der Waals surface area contributed by atoms with Crippen molar-refractivity contribution in [3.8, 4) is 0 Å². The van der Waals surface area contributed by atoms with Crippen LogP contribution in [0.2, 0.25) is 0 Å². The van der Waals surface area contributed by atoms with Crippen LogP contribution in [0.25, 0.3) is 0 Å². The van der Waals surface area contributed by atoms with Crippen molar-refractivity contribution in [2.24, 2.45) is 0 Å². The number of rotatable bonds is 2. The van der Waals surface area contributed by atoms with Crippen LogP contribution < -0.4 is 0 Å². The summed E-state index contributed by atoms with van der Waals surface area (Å²) in [6, 6.07) is 0.000941. The van der Waals surface area contributed by atoms with Crippen LogP contribution in [-0.4, -0.2) is 20.5 Å². The monoisotopic (exact) mass is 280 g/mol. The summed E-state index contributed by atoms with van der Waals surface area (Å²) in [4.78, 5) is 0. The van der Waals surface area contributed by atoms with E-state index >= 15 is 0 Å². The van der Waals surface area contributed by atoms with Crippen molar-refractivity contribution in [2.45, 2.75) is 32.4 Å². The molecular formula is C8H13IN2O. The molecule has 1 aromatic rings. The molecular weight excluding hydrogens is 267 g/mol.